The van der Waals surface area contributed by atoms with Crippen LogP contribution in [-0.2, 0) is 9.59 Å². The van der Waals surface area contributed by atoms with Gasteiger partial charge in [0, 0.05) is 33.1 Å². The van der Waals surface area contributed by atoms with Crippen LogP contribution in [0.5, 0.6) is 0 Å². The van der Waals surface area contributed by atoms with Crippen molar-refractivity contribution in [3.05, 3.63) is 0 Å². The number of piperidine rings is 1. The summed E-state index contributed by atoms with van der Waals surface area (Å²) in [6.45, 7) is 11.7. The Balaban J connectivity index is 0.000000303. The van der Waals surface area contributed by atoms with Crippen LogP contribution >= 0.6 is 0 Å². The van der Waals surface area contributed by atoms with Gasteiger partial charge in [-0.25, -0.2) is 0 Å². The average molecular weight is 270 g/mol. The van der Waals surface area contributed by atoms with E-state index in [2.05, 4.69) is 6.92 Å². The summed E-state index contributed by atoms with van der Waals surface area (Å²) in [5, 5.41) is 0. The van der Waals surface area contributed by atoms with E-state index in [0.717, 1.165) is 32.6 Å². The third kappa shape index (κ3) is 7.85. The van der Waals surface area contributed by atoms with Crippen LogP contribution in [0.15, 0.2) is 0 Å². The number of rotatable bonds is 1. The fraction of sp³-hybridized carbons (Fsp3) is 0.867. The van der Waals surface area contributed by atoms with Crippen LogP contribution in [-0.4, -0.2) is 48.3 Å². The number of hydrogen-bond acceptors (Lipinski definition) is 2. The molecule has 2 saturated heterocycles. The van der Waals surface area contributed by atoms with Crippen molar-refractivity contribution in [2.24, 2.45) is 5.92 Å². The minimum atomic E-state index is 0.222. The van der Waals surface area contributed by atoms with Crippen molar-refractivity contribution >= 4 is 12.3 Å². The monoisotopic (exact) mass is 270 g/mol. The zero-order valence-corrected chi connectivity index (χ0v) is 13.0. The molecule has 112 valence electrons. The lowest BCUT2D eigenvalue weighted by molar-refractivity contribution is -0.127. The largest absolute Gasteiger partial charge is 0.345 e. The molecule has 0 spiro atoms. The standard InChI is InChI=1S/C7H13NO.C6H11NO.C2H6/c1-6-3-4-8(5-6)7(2)9;8-6-7-4-2-1-3-5-7;1-2/h6H,3-5H2,1-2H3;6H,1-5H2;1-2H3. The highest BCUT2D eigenvalue weighted by molar-refractivity contribution is 5.73. The summed E-state index contributed by atoms with van der Waals surface area (Å²) in [5.41, 5.74) is 0. The predicted octanol–water partition coefficient (Wildman–Crippen LogP) is 2.53. The molecule has 4 heteroatoms. The van der Waals surface area contributed by atoms with E-state index in [0.29, 0.717) is 5.92 Å². The Morgan fingerprint density at radius 2 is 1.68 bits per heavy atom. The van der Waals surface area contributed by atoms with E-state index in [1.165, 1.54) is 25.7 Å². The van der Waals surface area contributed by atoms with Crippen LogP contribution in [0.4, 0.5) is 0 Å². The van der Waals surface area contributed by atoms with Gasteiger partial charge in [0.2, 0.25) is 12.3 Å². The van der Waals surface area contributed by atoms with Gasteiger partial charge in [0.05, 0.1) is 0 Å². The van der Waals surface area contributed by atoms with Crippen molar-refractivity contribution in [2.75, 3.05) is 26.2 Å². The molecule has 2 aliphatic rings. The van der Waals surface area contributed by atoms with Crippen LogP contribution < -0.4 is 0 Å². The van der Waals surface area contributed by atoms with Gasteiger partial charge < -0.3 is 9.80 Å². The molecule has 19 heavy (non-hydrogen) atoms. The summed E-state index contributed by atoms with van der Waals surface area (Å²) in [5.74, 6) is 0.938. The highest BCUT2D eigenvalue weighted by Gasteiger charge is 2.19. The summed E-state index contributed by atoms with van der Waals surface area (Å²) in [4.78, 5) is 24.5. The molecular formula is C15H30N2O2. The lowest BCUT2D eigenvalue weighted by Crippen LogP contribution is -2.27. The number of amides is 2. The van der Waals surface area contributed by atoms with Crippen molar-refractivity contribution < 1.29 is 9.59 Å². The minimum Gasteiger partial charge on any atom is -0.345 e. The summed E-state index contributed by atoms with van der Waals surface area (Å²) in [7, 11) is 0. The fourth-order valence-electron chi connectivity index (χ4n) is 2.24. The van der Waals surface area contributed by atoms with E-state index < -0.39 is 0 Å². The first-order valence-electron chi connectivity index (χ1n) is 7.58. The quantitative estimate of drug-likeness (QED) is 0.687. The first-order chi connectivity index (χ1) is 9.13. The van der Waals surface area contributed by atoms with Crippen LogP contribution in [0.3, 0.4) is 0 Å². The van der Waals surface area contributed by atoms with E-state index in [9.17, 15) is 9.59 Å². The Bertz CT molecular complexity index is 251. The van der Waals surface area contributed by atoms with Gasteiger partial charge in [-0.2, -0.15) is 0 Å². The van der Waals surface area contributed by atoms with Gasteiger partial charge in [-0.3, -0.25) is 9.59 Å². The third-order valence-electron chi connectivity index (χ3n) is 3.41. The van der Waals surface area contributed by atoms with Crippen molar-refractivity contribution in [3.8, 4) is 0 Å². The van der Waals surface area contributed by atoms with Crippen molar-refractivity contribution in [1.82, 2.24) is 9.80 Å². The summed E-state index contributed by atoms with van der Waals surface area (Å²) >= 11 is 0. The molecule has 2 fully saturated rings. The van der Waals surface area contributed by atoms with Crippen molar-refractivity contribution in [3.63, 3.8) is 0 Å². The second-order valence-corrected chi connectivity index (χ2v) is 5.06. The molecule has 1 atom stereocenters. The Morgan fingerprint density at radius 1 is 1.11 bits per heavy atom. The zero-order valence-electron chi connectivity index (χ0n) is 13.0. The molecule has 4 nitrogen and oxygen atoms in total. The molecule has 0 radical (unpaired) electrons. The van der Waals surface area contributed by atoms with Gasteiger partial charge >= 0.3 is 0 Å². The van der Waals surface area contributed by atoms with Crippen molar-refractivity contribution in [2.45, 2.75) is 53.4 Å². The van der Waals surface area contributed by atoms with Gasteiger partial charge in [-0.05, 0) is 31.6 Å². The maximum Gasteiger partial charge on any atom is 0.219 e. The second-order valence-electron chi connectivity index (χ2n) is 5.06. The van der Waals surface area contributed by atoms with E-state index in [4.69, 9.17) is 0 Å². The van der Waals surface area contributed by atoms with Gasteiger partial charge in [0.1, 0.15) is 0 Å². The average Bonchev–Trinajstić information content (AvgIpc) is 2.90. The number of hydrogen-bond donors (Lipinski definition) is 0. The number of carbonyl (C=O) groups is 2. The molecule has 0 aliphatic carbocycles. The van der Waals surface area contributed by atoms with Gasteiger partial charge in [-0.1, -0.05) is 20.8 Å². The first kappa shape index (κ1) is 17.9. The highest BCUT2D eigenvalue weighted by Crippen LogP contribution is 2.14. The normalized spacial score (nSPS) is 21.8. The van der Waals surface area contributed by atoms with E-state index in [1.54, 1.807) is 6.92 Å². The topological polar surface area (TPSA) is 40.6 Å². The van der Waals surface area contributed by atoms with E-state index in [1.807, 2.05) is 23.6 Å². The van der Waals surface area contributed by atoms with Gasteiger partial charge in [0.15, 0.2) is 0 Å². The number of nitrogens with zero attached hydrogens (tertiary/aromatic N) is 2. The molecule has 0 N–H and O–H groups in total. The van der Waals surface area contributed by atoms with Crippen LogP contribution in [0.2, 0.25) is 0 Å². The second kappa shape index (κ2) is 10.8. The molecule has 0 saturated carbocycles. The predicted molar refractivity (Wildman–Crippen MR) is 78.9 cm³/mol. The molecular weight excluding hydrogens is 240 g/mol. The Kier molecular flexibility index (Phi) is 10.2. The van der Waals surface area contributed by atoms with E-state index in [-0.39, 0.29) is 5.91 Å². The van der Waals surface area contributed by atoms with Crippen LogP contribution in [0, 0.1) is 5.92 Å². The number of likely N-dealkylation sites (tertiary alicyclic amines) is 2. The maximum atomic E-state index is 10.7. The molecule has 2 heterocycles. The van der Waals surface area contributed by atoms with Gasteiger partial charge in [0.25, 0.3) is 0 Å². The molecule has 0 aromatic heterocycles. The van der Waals surface area contributed by atoms with Gasteiger partial charge in [-0.15, -0.1) is 0 Å². The molecule has 2 rings (SSSR count). The molecule has 2 amide bonds. The lowest BCUT2D eigenvalue weighted by Gasteiger charge is -2.21. The first-order valence-corrected chi connectivity index (χ1v) is 7.58. The fourth-order valence-corrected chi connectivity index (χ4v) is 2.24. The number of carbonyl (C=O) groups excluding carboxylic acids is 2. The summed E-state index contributed by atoms with van der Waals surface area (Å²) in [6.07, 6.45) is 5.81. The molecule has 0 bridgehead atoms. The van der Waals surface area contributed by atoms with Crippen molar-refractivity contribution in [1.29, 1.82) is 0 Å². The Labute approximate surface area is 118 Å². The highest BCUT2D eigenvalue weighted by atomic mass is 16.2. The Hall–Kier alpha value is -1.06. The zero-order chi connectivity index (χ0) is 14.7. The third-order valence-corrected chi connectivity index (χ3v) is 3.41. The summed E-state index contributed by atoms with van der Waals surface area (Å²) < 4.78 is 0. The molecule has 0 aromatic rings. The Morgan fingerprint density at radius 3 is 1.95 bits per heavy atom. The molecule has 0 aromatic carbocycles. The lowest BCUT2D eigenvalue weighted by atomic mass is 10.1. The van der Waals surface area contributed by atoms with E-state index >= 15 is 0 Å². The van der Waals surface area contributed by atoms with Crippen LogP contribution in [0.25, 0.3) is 0 Å². The molecule has 2 aliphatic heterocycles. The SMILES string of the molecule is CC.CC(=O)N1CCC(C)C1.O=CN1CCCCC1. The maximum absolute atomic E-state index is 10.7. The van der Waals surface area contributed by atoms with Crippen LogP contribution in [0.1, 0.15) is 53.4 Å². The minimum absolute atomic E-state index is 0.222. The molecule has 1 unspecified atom stereocenters. The smallest absolute Gasteiger partial charge is 0.219 e. The summed E-state index contributed by atoms with van der Waals surface area (Å²) in [6, 6.07) is 0.